The van der Waals surface area contributed by atoms with E-state index in [1.807, 2.05) is 48.5 Å². The molecule has 0 spiro atoms. The number of nitrogens with one attached hydrogen (secondary N) is 1. The van der Waals surface area contributed by atoms with Gasteiger partial charge in [0.1, 0.15) is 5.75 Å². The number of amides is 1. The molecule has 3 aromatic rings. The molecule has 8 heteroatoms. The molecule has 0 unspecified atom stereocenters. The molecule has 4 rings (SSSR count). The van der Waals surface area contributed by atoms with E-state index in [0.717, 1.165) is 43.7 Å². The second kappa shape index (κ2) is 10.6. The molecule has 1 N–H and O–H groups in total. The first kappa shape index (κ1) is 22.3. The van der Waals surface area contributed by atoms with E-state index in [4.69, 9.17) is 20.9 Å². The first-order valence-electron chi connectivity index (χ1n) is 10.8. The van der Waals surface area contributed by atoms with Crippen LogP contribution in [0.2, 0.25) is 5.02 Å². The van der Waals surface area contributed by atoms with Gasteiger partial charge in [-0.2, -0.15) is 4.98 Å². The van der Waals surface area contributed by atoms with Gasteiger partial charge < -0.3 is 14.6 Å². The summed E-state index contributed by atoms with van der Waals surface area (Å²) >= 11 is 6.04. The van der Waals surface area contributed by atoms with E-state index >= 15 is 0 Å². The Labute approximate surface area is 192 Å². The van der Waals surface area contributed by atoms with Crippen LogP contribution in [-0.4, -0.2) is 47.7 Å². The van der Waals surface area contributed by atoms with E-state index in [1.165, 1.54) is 5.56 Å². The molecule has 0 saturated carbocycles. The standard InChI is InChI=1S/C24H27ClN4O3/c1-31-21-7-5-17(6-8-21)9-12-26-24(30)18-10-13-29(14-11-18)16-22-27-23(28-32-22)19-3-2-4-20(25)15-19/h2-8,15,18H,9-14,16H2,1H3,(H,26,30). The summed E-state index contributed by atoms with van der Waals surface area (Å²) in [7, 11) is 1.65. The van der Waals surface area contributed by atoms with E-state index in [1.54, 1.807) is 7.11 Å². The summed E-state index contributed by atoms with van der Waals surface area (Å²) in [6, 6.07) is 15.3. The molecule has 2 heterocycles. The van der Waals surface area contributed by atoms with Crippen molar-refractivity contribution < 1.29 is 14.1 Å². The first-order chi connectivity index (χ1) is 15.6. The Kier molecular flexibility index (Phi) is 7.39. The number of hydrogen-bond acceptors (Lipinski definition) is 6. The lowest BCUT2D eigenvalue weighted by molar-refractivity contribution is -0.126. The van der Waals surface area contributed by atoms with E-state index in [2.05, 4.69) is 20.4 Å². The average molecular weight is 455 g/mol. The van der Waals surface area contributed by atoms with E-state index in [0.29, 0.717) is 29.8 Å². The number of methoxy groups -OCH3 is 1. The van der Waals surface area contributed by atoms with Crippen molar-refractivity contribution in [3.63, 3.8) is 0 Å². The minimum Gasteiger partial charge on any atom is -0.497 e. The summed E-state index contributed by atoms with van der Waals surface area (Å²) < 4.78 is 10.6. The highest BCUT2D eigenvalue weighted by Gasteiger charge is 2.25. The van der Waals surface area contributed by atoms with Gasteiger partial charge in [0.15, 0.2) is 0 Å². The number of carbonyl (C=O) groups excluding carboxylic acids is 1. The Hall–Kier alpha value is -2.90. The number of likely N-dealkylation sites (tertiary alicyclic amines) is 1. The summed E-state index contributed by atoms with van der Waals surface area (Å²) in [6.07, 6.45) is 2.45. The van der Waals surface area contributed by atoms with Crippen molar-refractivity contribution in [1.29, 1.82) is 0 Å². The number of carbonyl (C=O) groups is 1. The number of rotatable bonds is 8. The van der Waals surface area contributed by atoms with Gasteiger partial charge in [0, 0.05) is 23.0 Å². The Bertz CT molecular complexity index is 1030. The predicted molar refractivity (Wildman–Crippen MR) is 122 cm³/mol. The summed E-state index contributed by atoms with van der Waals surface area (Å²) in [5, 5.41) is 7.78. The second-order valence-corrected chi connectivity index (χ2v) is 8.40. The van der Waals surface area contributed by atoms with Gasteiger partial charge in [0.25, 0.3) is 0 Å². The van der Waals surface area contributed by atoms with Crippen molar-refractivity contribution in [2.45, 2.75) is 25.8 Å². The molecule has 168 valence electrons. The molecule has 1 aliphatic rings. The highest BCUT2D eigenvalue weighted by molar-refractivity contribution is 6.30. The van der Waals surface area contributed by atoms with Gasteiger partial charge in [-0.15, -0.1) is 0 Å². The van der Waals surface area contributed by atoms with Crippen LogP contribution in [-0.2, 0) is 17.8 Å². The smallest absolute Gasteiger partial charge is 0.241 e. The lowest BCUT2D eigenvalue weighted by atomic mass is 9.96. The molecule has 1 aliphatic heterocycles. The lowest BCUT2D eigenvalue weighted by Crippen LogP contribution is -2.40. The highest BCUT2D eigenvalue weighted by Crippen LogP contribution is 2.22. The summed E-state index contributed by atoms with van der Waals surface area (Å²) in [4.78, 5) is 19.3. The maximum atomic E-state index is 12.5. The predicted octanol–water partition coefficient (Wildman–Crippen LogP) is 3.97. The van der Waals surface area contributed by atoms with Gasteiger partial charge in [0.2, 0.25) is 17.6 Å². The molecule has 1 saturated heterocycles. The van der Waals surface area contributed by atoms with Crippen molar-refractivity contribution >= 4 is 17.5 Å². The number of aromatic nitrogens is 2. The average Bonchev–Trinajstić information content (AvgIpc) is 3.28. The molecular weight excluding hydrogens is 428 g/mol. The summed E-state index contributed by atoms with van der Waals surface area (Å²) in [5.41, 5.74) is 2.01. The van der Waals surface area contributed by atoms with Gasteiger partial charge in [-0.3, -0.25) is 9.69 Å². The Morgan fingerprint density at radius 1 is 1.22 bits per heavy atom. The van der Waals surface area contributed by atoms with E-state index in [-0.39, 0.29) is 11.8 Å². The van der Waals surface area contributed by atoms with Crippen molar-refractivity contribution in [3.8, 4) is 17.1 Å². The number of piperidine rings is 1. The molecule has 1 fully saturated rings. The third-order valence-corrected chi connectivity index (χ3v) is 5.98. The zero-order valence-corrected chi connectivity index (χ0v) is 18.8. The fraction of sp³-hybridized carbons (Fsp3) is 0.375. The first-order valence-corrected chi connectivity index (χ1v) is 11.2. The third-order valence-electron chi connectivity index (χ3n) is 5.74. The second-order valence-electron chi connectivity index (χ2n) is 7.96. The Balaban J connectivity index is 1.19. The molecule has 2 aromatic carbocycles. The largest absolute Gasteiger partial charge is 0.497 e. The number of hydrogen-bond donors (Lipinski definition) is 1. The third kappa shape index (κ3) is 5.87. The molecule has 0 atom stereocenters. The number of ether oxygens (including phenoxy) is 1. The van der Waals surface area contributed by atoms with E-state index in [9.17, 15) is 4.79 Å². The highest BCUT2D eigenvalue weighted by atomic mass is 35.5. The monoisotopic (exact) mass is 454 g/mol. The van der Waals surface area contributed by atoms with Gasteiger partial charge in [-0.05, 0) is 62.2 Å². The lowest BCUT2D eigenvalue weighted by Gasteiger charge is -2.30. The normalized spacial score (nSPS) is 14.9. The SMILES string of the molecule is COc1ccc(CCNC(=O)C2CCN(Cc3nc(-c4cccc(Cl)c4)no3)CC2)cc1. The van der Waals surface area contributed by atoms with Gasteiger partial charge in [-0.1, -0.05) is 41.0 Å². The maximum absolute atomic E-state index is 12.5. The van der Waals surface area contributed by atoms with E-state index < -0.39 is 0 Å². The number of nitrogens with zero attached hydrogens (tertiary/aromatic N) is 3. The summed E-state index contributed by atoms with van der Waals surface area (Å²) in [5.74, 6) is 2.13. The molecule has 0 aliphatic carbocycles. The van der Waals surface area contributed by atoms with Crippen LogP contribution in [0.4, 0.5) is 0 Å². The molecule has 0 bridgehead atoms. The molecule has 0 radical (unpaired) electrons. The fourth-order valence-corrected chi connectivity index (χ4v) is 4.07. The van der Waals surface area contributed by atoms with Crippen LogP contribution in [0, 0.1) is 5.92 Å². The number of halogens is 1. The fourth-order valence-electron chi connectivity index (χ4n) is 3.88. The minimum atomic E-state index is 0.0480. The van der Waals surface area contributed by atoms with Crippen LogP contribution >= 0.6 is 11.6 Å². The van der Waals surface area contributed by atoms with Gasteiger partial charge in [0.05, 0.1) is 13.7 Å². The van der Waals surface area contributed by atoms with Crippen molar-refractivity contribution in [3.05, 3.63) is 65.0 Å². The van der Waals surface area contributed by atoms with Gasteiger partial charge in [-0.25, -0.2) is 0 Å². The molecule has 7 nitrogen and oxygen atoms in total. The quantitative estimate of drug-likeness (QED) is 0.554. The summed E-state index contributed by atoms with van der Waals surface area (Å²) in [6.45, 7) is 2.87. The number of benzene rings is 2. The van der Waals surface area contributed by atoms with Crippen LogP contribution in [0.15, 0.2) is 53.1 Å². The van der Waals surface area contributed by atoms with Crippen molar-refractivity contribution in [2.24, 2.45) is 5.92 Å². The van der Waals surface area contributed by atoms with Crippen LogP contribution in [0.3, 0.4) is 0 Å². The minimum absolute atomic E-state index is 0.0480. The molecule has 1 aromatic heterocycles. The Morgan fingerprint density at radius 3 is 2.72 bits per heavy atom. The van der Waals surface area contributed by atoms with Crippen LogP contribution in [0.5, 0.6) is 5.75 Å². The zero-order valence-electron chi connectivity index (χ0n) is 18.1. The van der Waals surface area contributed by atoms with Crippen LogP contribution in [0.1, 0.15) is 24.3 Å². The Morgan fingerprint density at radius 2 is 2.00 bits per heavy atom. The van der Waals surface area contributed by atoms with Crippen LogP contribution in [0.25, 0.3) is 11.4 Å². The molecule has 32 heavy (non-hydrogen) atoms. The van der Waals surface area contributed by atoms with Crippen molar-refractivity contribution in [2.75, 3.05) is 26.7 Å². The molecule has 1 amide bonds. The van der Waals surface area contributed by atoms with Crippen LogP contribution < -0.4 is 10.1 Å². The zero-order chi connectivity index (χ0) is 22.3. The maximum Gasteiger partial charge on any atom is 0.241 e. The molecular formula is C24H27ClN4O3. The topological polar surface area (TPSA) is 80.5 Å². The van der Waals surface area contributed by atoms with Crippen molar-refractivity contribution in [1.82, 2.24) is 20.4 Å². The van der Waals surface area contributed by atoms with Gasteiger partial charge >= 0.3 is 0 Å².